The first-order valence-electron chi connectivity index (χ1n) is 14.8. The highest BCUT2D eigenvalue weighted by Gasteiger charge is 2.36. The molecule has 0 radical (unpaired) electrons. The number of nitrogens with one attached hydrogen (secondary N) is 4. The van der Waals surface area contributed by atoms with E-state index >= 15 is 0 Å². The van der Waals surface area contributed by atoms with E-state index in [-0.39, 0.29) is 11.8 Å². The van der Waals surface area contributed by atoms with Gasteiger partial charge in [0.25, 0.3) is 5.91 Å². The van der Waals surface area contributed by atoms with Gasteiger partial charge in [-0.3, -0.25) is 19.8 Å². The highest BCUT2D eigenvalue weighted by atomic mass is 79.9. The molecule has 0 fully saturated rings. The molecule has 2 rings (SSSR count). The maximum atomic E-state index is 13.8. The van der Waals surface area contributed by atoms with Gasteiger partial charge in [-0.15, -0.1) is 0 Å². The number of halogens is 1. The molecular formula is C33H48BrN5O5. The lowest BCUT2D eigenvalue weighted by atomic mass is 9.85. The van der Waals surface area contributed by atoms with Gasteiger partial charge in [0, 0.05) is 30.5 Å². The minimum Gasteiger partial charge on any atom is -0.453 e. The van der Waals surface area contributed by atoms with E-state index in [1.54, 1.807) is 12.1 Å². The average Bonchev–Trinajstić information content (AvgIpc) is 2.96. The summed E-state index contributed by atoms with van der Waals surface area (Å²) in [7, 11) is 2.80. The number of ether oxygens (including phenoxy) is 1. The molecule has 4 amide bonds. The first-order chi connectivity index (χ1) is 20.5. The van der Waals surface area contributed by atoms with Crippen LogP contribution in [0.3, 0.4) is 0 Å². The van der Waals surface area contributed by atoms with E-state index in [0.717, 1.165) is 15.6 Å². The van der Waals surface area contributed by atoms with Crippen molar-refractivity contribution in [1.29, 1.82) is 0 Å². The minimum atomic E-state index is -0.883. The summed E-state index contributed by atoms with van der Waals surface area (Å²) in [6.45, 7) is 12.0. The van der Waals surface area contributed by atoms with Crippen molar-refractivity contribution in [3.63, 3.8) is 0 Å². The second-order valence-electron chi connectivity index (χ2n) is 13.1. The van der Waals surface area contributed by atoms with Crippen LogP contribution in [0.5, 0.6) is 0 Å². The molecule has 0 bridgehead atoms. The Bertz CT molecular complexity index is 1240. The first kappa shape index (κ1) is 36.8. The Morgan fingerprint density at radius 3 is 1.89 bits per heavy atom. The topological polar surface area (TPSA) is 129 Å². The Kier molecular flexibility index (Phi) is 13.8. The van der Waals surface area contributed by atoms with Crippen molar-refractivity contribution in [3.05, 3.63) is 70.2 Å². The minimum absolute atomic E-state index is 0.243. The Morgan fingerprint density at radius 2 is 1.36 bits per heavy atom. The summed E-state index contributed by atoms with van der Waals surface area (Å²) in [6, 6.07) is 15.8. The number of alkyl carbamates (subject to hydrolysis) is 1. The number of carbonyl (C=O) groups excluding carboxylic acids is 4. The molecule has 1 unspecified atom stereocenters. The van der Waals surface area contributed by atoms with Gasteiger partial charge in [-0.1, -0.05) is 99.9 Å². The van der Waals surface area contributed by atoms with Crippen LogP contribution in [0, 0.1) is 16.7 Å². The second-order valence-corrected chi connectivity index (χ2v) is 14.0. The molecule has 0 saturated carbocycles. The lowest BCUT2D eigenvalue weighted by Gasteiger charge is -2.33. The van der Waals surface area contributed by atoms with Crippen LogP contribution < -0.4 is 21.4 Å². The third-order valence-corrected chi connectivity index (χ3v) is 7.76. The summed E-state index contributed by atoms with van der Waals surface area (Å²) in [5.41, 5.74) is 3.79. The third-order valence-electron chi connectivity index (χ3n) is 7.24. The summed E-state index contributed by atoms with van der Waals surface area (Å²) < 4.78 is 5.69. The zero-order valence-electron chi connectivity index (χ0n) is 27.1. The number of nitrogens with zero attached hydrogens (tertiary/aromatic N) is 1. The highest BCUT2D eigenvalue weighted by Crippen LogP contribution is 2.23. The molecular weight excluding hydrogens is 626 g/mol. The van der Waals surface area contributed by atoms with Crippen LogP contribution in [-0.2, 0) is 32.1 Å². The number of methoxy groups -OCH3 is 1. The molecule has 0 aliphatic rings. The van der Waals surface area contributed by atoms with Crippen molar-refractivity contribution in [3.8, 4) is 0 Å². The number of hydrogen-bond acceptors (Lipinski definition) is 6. The predicted molar refractivity (Wildman–Crippen MR) is 175 cm³/mol. The van der Waals surface area contributed by atoms with E-state index in [0.29, 0.717) is 25.9 Å². The Balaban J connectivity index is 2.37. The number of hydrogen-bond donors (Lipinski definition) is 4. The van der Waals surface area contributed by atoms with Crippen LogP contribution >= 0.6 is 15.9 Å². The van der Waals surface area contributed by atoms with E-state index in [1.807, 2.05) is 96.1 Å². The quantitative estimate of drug-likeness (QED) is 0.231. The first-order valence-corrected chi connectivity index (χ1v) is 15.5. The lowest BCUT2D eigenvalue weighted by Crippen LogP contribution is -2.57. The molecule has 2 aromatic rings. The summed E-state index contributed by atoms with van der Waals surface area (Å²) in [5.74, 6) is -1.41. The monoisotopic (exact) mass is 673 g/mol. The van der Waals surface area contributed by atoms with Crippen molar-refractivity contribution >= 4 is 39.7 Å². The molecule has 2 aromatic carbocycles. The SMILES string of the molecule is CNC(=O)[C@@H](NC(=O)C(CCN(Cc1ccc(Br)cc1)NC(=O)[C@@H](NC(=O)OC)C(C)(C)C)Cc1ccccc1)C(C)(C)C. The molecule has 3 atom stereocenters. The van der Waals surface area contributed by atoms with Crippen molar-refractivity contribution < 1.29 is 23.9 Å². The second kappa shape index (κ2) is 16.6. The van der Waals surface area contributed by atoms with E-state index < -0.39 is 40.8 Å². The fraction of sp³-hybridized carbons (Fsp3) is 0.515. The summed E-state index contributed by atoms with van der Waals surface area (Å²) in [6.07, 6.45) is 0.127. The Morgan fingerprint density at radius 1 is 0.795 bits per heavy atom. The van der Waals surface area contributed by atoms with Crippen molar-refractivity contribution in [2.24, 2.45) is 16.7 Å². The Labute approximate surface area is 270 Å². The zero-order chi connectivity index (χ0) is 33.1. The molecule has 0 aliphatic carbocycles. The molecule has 11 heteroatoms. The average molecular weight is 675 g/mol. The number of benzene rings is 2. The molecule has 0 aliphatic heterocycles. The van der Waals surface area contributed by atoms with Gasteiger partial charge < -0.3 is 20.7 Å². The Hall–Kier alpha value is -3.44. The number of likely N-dealkylation sites (N-methyl/N-ethyl adjacent to an activating group) is 1. The fourth-order valence-corrected chi connectivity index (χ4v) is 4.94. The van der Waals surface area contributed by atoms with Gasteiger partial charge in [-0.05, 0) is 46.9 Å². The molecule has 44 heavy (non-hydrogen) atoms. The van der Waals surface area contributed by atoms with Crippen molar-refractivity contribution in [1.82, 2.24) is 26.4 Å². The van der Waals surface area contributed by atoms with Gasteiger partial charge in [0.05, 0.1) is 7.11 Å². The van der Waals surface area contributed by atoms with Crippen LogP contribution in [0.4, 0.5) is 4.79 Å². The molecule has 0 heterocycles. The maximum absolute atomic E-state index is 13.8. The fourth-order valence-electron chi connectivity index (χ4n) is 4.67. The van der Waals surface area contributed by atoms with Gasteiger partial charge in [0.1, 0.15) is 12.1 Å². The van der Waals surface area contributed by atoms with Crippen LogP contribution in [-0.4, -0.2) is 61.6 Å². The maximum Gasteiger partial charge on any atom is 0.407 e. The van der Waals surface area contributed by atoms with Crippen LogP contribution in [0.25, 0.3) is 0 Å². The van der Waals surface area contributed by atoms with E-state index in [4.69, 9.17) is 4.74 Å². The van der Waals surface area contributed by atoms with E-state index in [2.05, 4.69) is 37.3 Å². The van der Waals surface area contributed by atoms with Crippen LogP contribution in [0.15, 0.2) is 59.1 Å². The van der Waals surface area contributed by atoms with Crippen molar-refractivity contribution in [2.75, 3.05) is 20.7 Å². The summed E-state index contributed by atoms with van der Waals surface area (Å²) in [4.78, 5) is 52.1. The largest absolute Gasteiger partial charge is 0.453 e. The van der Waals surface area contributed by atoms with Crippen LogP contribution in [0.1, 0.15) is 59.1 Å². The van der Waals surface area contributed by atoms with Crippen LogP contribution in [0.2, 0.25) is 0 Å². The number of amides is 4. The molecule has 0 spiro atoms. The van der Waals surface area contributed by atoms with Crippen molar-refractivity contribution in [2.45, 2.75) is 73.0 Å². The molecule has 10 nitrogen and oxygen atoms in total. The predicted octanol–water partition coefficient (Wildman–Crippen LogP) is 4.58. The van der Waals surface area contributed by atoms with E-state index in [1.165, 1.54) is 7.11 Å². The normalized spacial score (nSPS) is 13.8. The summed E-state index contributed by atoms with van der Waals surface area (Å²) >= 11 is 3.46. The number of carbonyl (C=O) groups is 4. The van der Waals surface area contributed by atoms with E-state index in [9.17, 15) is 19.2 Å². The standard InChI is InChI=1S/C33H48BrN5O5/c1-32(2,3)26(29(41)35-7)36-28(40)24(20-22-12-10-9-11-13-22)18-19-39(21-23-14-16-25(34)17-15-23)38-30(42)27(33(4,5)6)37-31(43)44-8/h9-17,24,26-27H,18-21H2,1-8H3,(H,35,41)(H,36,40)(H,37,43)(H,38,42)/t24?,26-,27-/m1/s1. The molecule has 0 aromatic heterocycles. The zero-order valence-corrected chi connectivity index (χ0v) is 28.7. The van der Waals surface area contributed by atoms with Gasteiger partial charge in [-0.25, -0.2) is 9.80 Å². The van der Waals surface area contributed by atoms with Gasteiger partial charge in [0.2, 0.25) is 11.8 Å². The molecule has 242 valence electrons. The number of hydrazine groups is 1. The van der Waals surface area contributed by atoms with Gasteiger partial charge in [0.15, 0.2) is 0 Å². The molecule has 4 N–H and O–H groups in total. The molecule has 0 saturated heterocycles. The number of rotatable bonds is 13. The van der Waals surface area contributed by atoms with Gasteiger partial charge in [-0.2, -0.15) is 0 Å². The van der Waals surface area contributed by atoms with Gasteiger partial charge >= 0.3 is 6.09 Å². The summed E-state index contributed by atoms with van der Waals surface area (Å²) in [5, 5.41) is 10.0. The smallest absolute Gasteiger partial charge is 0.407 e. The lowest BCUT2D eigenvalue weighted by molar-refractivity contribution is -0.134. The highest BCUT2D eigenvalue weighted by molar-refractivity contribution is 9.10. The third kappa shape index (κ3) is 11.9.